The molecule has 1 saturated heterocycles. The van der Waals surface area contributed by atoms with Gasteiger partial charge < -0.3 is 9.31 Å². The van der Waals surface area contributed by atoms with Gasteiger partial charge in [0.25, 0.3) is 6.55 Å². The molecule has 0 aliphatic carbocycles. The lowest BCUT2D eigenvalue weighted by molar-refractivity contribution is 0.00578. The minimum absolute atomic E-state index is 0.235. The first-order valence-electron chi connectivity index (χ1n) is 9.62. The number of hydrogen-bond donors (Lipinski definition) is 0. The van der Waals surface area contributed by atoms with E-state index in [1.807, 2.05) is 42.5 Å². The standard InChI is InChI=1S/C22H29BFO2/c1-6-7-15-23(25-21(2,3)22(4,5)26-23)18-13-14-19(20(24)16-18)17-11-9-8-10-12-17/h8-14,16H,6-7,15H2,1-5H3/q-1. The van der Waals surface area contributed by atoms with Gasteiger partial charge in [-0.3, -0.25) is 0 Å². The normalized spacial score (nSPS) is 20.2. The Balaban J connectivity index is 2.02. The Kier molecular flexibility index (Phi) is 5.02. The van der Waals surface area contributed by atoms with Gasteiger partial charge in [0.05, 0.1) is 0 Å². The quantitative estimate of drug-likeness (QED) is 0.655. The highest BCUT2D eigenvalue weighted by molar-refractivity contribution is 6.81. The summed E-state index contributed by atoms with van der Waals surface area (Å²) in [6.07, 6.45) is 2.79. The number of unbranched alkanes of at least 4 members (excludes halogenated alkanes) is 1. The van der Waals surface area contributed by atoms with Crippen LogP contribution in [0.4, 0.5) is 4.39 Å². The van der Waals surface area contributed by atoms with Crippen molar-refractivity contribution in [3.8, 4) is 11.1 Å². The van der Waals surface area contributed by atoms with E-state index in [1.165, 1.54) is 0 Å². The summed E-state index contributed by atoms with van der Waals surface area (Å²) >= 11 is 0. The molecule has 1 aliphatic rings. The van der Waals surface area contributed by atoms with Gasteiger partial charge in [0.1, 0.15) is 5.82 Å². The Morgan fingerprint density at radius 1 is 0.923 bits per heavy atom. The lowest BCUT2D eigenvalue weighted by Crippen LogP contribution is -2.51. The van der Waals surface area contributed by atoms with Gasteiger partial charge in [-0.05, 0) is 33.3 Å². The lowest BCUT2D eigenvalue weighted by Gasteiger charge is -2.38. The molecular formula is C22H29BFO2-. The smallest absolute Gasteiger partial charge is 0.270 e. The molecule has 0 spiro atoms. The Morgan fingerprint density at radius 3 is 2.08 bits per heavy atom. The summed E-state index contributed by atoms with van der Waals surface area (Å²) < 4.78 is 28.0. The lowest BCUT2D eigenvalue weighted by atomic mass is 9.48. The predicted octanol–water partition coefficient (Wildman–Crippen LogP) is 5.55. The summed E-state index contributed by atoms with van der Waals surface area (Å²) in [5.41, 5.74) is 1.42. The molecule has 0 bridgehead atoms. The predicted molar refractivity (Wildman–Crippen MR) is 107 cm³/mol. The molecule has 0 radical (unpaired) electrons. The fourth-order valence-electron chi connectivity index (χ4n) is 3.81. The summed E-state index contributed by atoms with van der Waals surface area (Å²) in [4.78, 5) is 0. The van der Waals surface area contributed by atoms with E-state index in [-0.39, 0.29) is 5.82 Å². The highest BCUT2D eigenvalue weighted by atomic mass is 19.1. The molecule has 0 unspecified atom stereocenters. The van der Waals surface area contributed by atoms with E-state index < -0.39 is 17.8 Å². The number of rotatable bonds is 5. The van der Waals surface area contributed by atoms with Gasteiger partial charge in [-0.1, -0.05) is 68.3 Å². The van der Waals surface area contributed by atoms with Gasteiger partial charge in [-0.15, -0.1) is 11.8 Å². The minimum atomic E-state index is -1.71. The molecule has 3 rings (SSSR count). The van der Waals surface area contributed by atoms with E-state index in [1.54, 1.807) is 6.07 Å². The van der Waals surface area contributed by atoms with Gasteiger partial charge in [-0.25, -0.2) is 4.39 Å². The molecule has 140 valence electrons. The summed E-state index contributed by atoms with van der Waals surface area (Å²) in [6, 6.07) is 15.0. The molecule has 1 fully saturated rings. The average Bonchev–Trinajstić information content (AvgIpc) is 2.79. The molecule has 0 aromatic heterocycles. The monoisotopic (exact) mass is 355 g/mol. The fourth-order valence-corrected chi connectivity index (χ4v) is 3.81. The van der Waals surface area contributed by atoms with Crippen LogP contribution < -0.4 is 5.46 Å². The van der Waals surface area contributed by atoms with Crippen molar-refractivity contribution in [1.29, 1.82) is 0 Å². The molecule has 0 amide bonds. The summed E-state index contributed by atoms with van der Waals surface area (Å²) in [7, 11) is 0. The average molecular weight is 355 g/mol. The second-order valence-corrected chi connectivity index (χ2v) is 8.37. The zero-order valence-electron chi connectivity index (χ0n) is 16.5. The summed E-state index contributed by atoms with van der Waals surface area (Å²) in [6.45, 7) is 8.65. The maximum Gasteiger partial charge on any atom is 0.270 e. The Labute approximate surface area is 156 Å². The van der Waals surface area contributed by atoms with Crippen molar-refractivity contribution in [3.63, 3.8) is 0 Å². The van der Waals surface area contributed by atoms with Crippen molar-refractivity contribution >= 4 is 12.0 Å². The second-order valence-electron chi connectivity index (χ2n) is 8.37. The van der Waals surface area contributed by atoms with Crippen molar-refractivity contribution in [2.75, 3.05) is 0 Å². The van der Waals surface area contributed by atoms with Gasteiger partial charge in [-0.2, -0.15) is 0 Å². The molecule has 0 atom stereocenters. The van der Waals surface area contributed by atoms with Crippen molar-refractivity contribution in [1.82, 2.24) is 0 Å². The molecule has 26 heavy (non-hydrogen) atoms. The SMILES string of the molecule is CCCC[B-]1(c2ccc(-c3ccccc3)c(F)c2)OC(C)(C)C(C)(C)O1. The van der Waals surface area contributed by atoms with Crippen molar-refractivity contribution in [2.45, 2.75) is 65.0 Å². The third-order valence-electron chi connectivity index (χ3n) is 5.94. The number of halogens is 1. The van der Waals surface area contributed by atoms with Crippen LogP contribution in [-0.4, -0.2) is 17.8 Å². The van der Waals surface area contributed by atoms with Gasteiger partial charge in [0.2, 0.25) is 0 Å². The first-order chi connectivity index (χ1) is 12.2. The molecule has 2 aromatic carbocycles. The molecule has 1 aliphatic heterocycles. The van der Waals surface area contributed by atoms with Crippen LogP contribution in [-0.2, 0) is 9.31 Å². The molecule has 2 aromatic rings. The van der Waals surface area contributed by atoms with Gasteiger partial charge in [0, 0.05) is 16.8 Å². The molecule has 0 saturated carbocycles. The fraction of sp³-hybridized carbons (Fsp3) is 0.455. The maximum atomic E-state index is 15.0. The first-order valence-corrected chi connectivity index (χ1v) is 9.62. The van der Waals surface area contributed by atoms with Gasteiger partial charge in [0.15, 0.2) is 0 Å². The summed E-state index contributed by atoms with van der Waals surface area (Å²) in [5.74, 6) is -0.235. The third-order valence-corrected chi connectivity index (χ3v) is 5.94. The molecule has 1 heterocycles. The Hall–Kier alpha value is -1.65. The molecule has 2 nitrogen and oxygen atoms in total. The molecular weight excluding hydrogens is 326 g/mol. The van der Waals surface area contributed by atoms with E-state index in [0.717, 1.165) is 30.2 Å². The topological polar surface area (TPSA) is 18.5 Å². The number of hydrogen-bond acceptors (Lipinski definition) is 2. The third kappa shape index (κ3) is 3.33. The largest absolute Gasteiger partial charge is 0.558 e. The maximum absolute atomic E-state index is 15.0. The highest BCUT2D eigenvalue weighted by Gasteiger charge is 2.51. The second kappa shape index (κ2) is 6.82. The van der Waals surface area contributed by atoms with E-state index in [9.17, 15) is 4.39 Å². The minimum Gasteiger partial charge on any atom is -0.558 e. The van der Waals surface area contributed by atoms with Crippen LogP contribution in [0.2, 0.25) is 6.32 Å². The van der Waals surface area contributed by atoms with E-state index in [4.69, 9.17) is 9.31 Å². The molecule has 0 N–H and O–H groups in total. The van der Waals surface area contributed by atoms with Crippen LogP contribution in [0.3, 0.4) is 0 Å². The van der Waals surface area contributed by atoms with Crippen LogP contribution >= 0.6 is 0 Å². The zero-order chi connectivity index (χ0) is 19.0. The molecule has 4 heteroatoms. The van der Waals surface area contributed by atoms with Crippen LogP contribution in [0, 0.1) is 5.82 Å². The number of benzene rings is 2. The van der Waals surface area contributed by atoms with Crippen molar-refractivity contribution in [3.05, 3.63) is 54.3 Å². The zero-order valence-corrected chi connectivity index (χ0v) is 16.5. The van der Waals surface area contributed by atoms with Crippen LogP contribution in [0.15, 0.2) is 48.5 Å². The summed E-state index contributed by atoms with van der Waals surface area (Å²) in [5, 5.41) is 0. The van der Waals surface area contributed by atoms with Gasteiger partial charge >= 0.3 is 0 Å². The van der Waals surface area contributed by atoms with Crippen molar-refractivity contribution < 1.29 is 13.7 Å². The van der Waals surface area contributed by atoms with E-state index in [0.29, 0.717) is 5.56 Å². The Morgan fingerprint density at radius 2 is 1.54 bits per heavy atom. The first kappa shape index (κ1) is 19.1. The van der Waals surface area contributed by atoms with E-state index >= 15 is 0 Å². The van der Waals surface area contributed by atoms with Crippen molar-refractivity contribution in [2.24, 2.45) is 0 Å². The van der Waals surface area contributed by atoms with Crippen LogP contribution in [0.5, 0.6) is 0 Å². The van der Waals surface area contributed by atoms with Crippen LogP contribution in [0.1, 0.15) is 47.5 Å². The van der Waals surface area contributed by atoms with E-state index in [2.05, 4.69) is 34.6 Å². The Bertz CT molecular complexity index is 755. The van der Waals surface area contributed by atoms with Crippen LogP contribution in [0.25, 0.3) is 11.1 Å². The highest BCUT2D eigenvalue weighted by Crippen LogP contribution is 2.43.